The number of nitrogens with one attached hydrogen (secondary N) is 1. The van der Waals surface area contributed by atoms with Crippen LogP contribution in [0.3, 0.4) is 0 Å². The lowest BCUT2D eigenvalue weighted by Crippen LogP contribution is -2.32. The number of aromatic amines is 1. The van der Waals surface area contributed by atoms with Crippen molar-refractivity contribution < 1.29 is 9.90 Å². The fourth-order valence-electron chi connectivity index (χ4n) is 4.01. The topological polar surface area (TPSA) is 69.2 Å². The van der Waals surface area contributed by atoms with Crippen molar-refractivity contribution in [2.24, 2.45) is 5.92 Å². The van der Waals surface area contributed by atoms with Gasteiger partial charge in [-0.15, -0.1) is 0 Å². The molecule has 0 bridgehead atoms. The van der Waals surface area contributed by atoms with Crippen LogP contribution in [0.5, 0.6) is 0 Å². The van der Waals surface area contributed by atoms with Crippen molar-refractivity contribution in [3.8, 4) is 11.3 Å². The van der Waals surface area contributed by atoms with Gasteiger partial charge in [-0.3, -0.25) is 4.90 Å². The lowest BCUT2D eigenvalue weighted by atomic mass is 10.1. The van der Waals surface area contributed by atoms with Crippen molar-refractivity contribution >= 4 is 32.8 Å². The largest absolute Gasteiger partial charge is 0.465 e. The number of aromatic nitrogens is 2. The number of hydrogen-bond acceptors (Lipinski definition) is 2. The number of nitrogens with zero attached hydrogens (tertiary/aromatic N) is 2. The second-order valence-electron chi connectivity index (χ2n) is 6.89. The lowest BCUT2D eigenvalue weighted by molar-refractivity contribution is 0.128. The van der Waals surface area contributed by atoms with E-state index < -0.39 is 6.09 Å². The summed E-state index contributed by atoms with van der Waals surface area (Å²) in [6.07, 6.45) is 2.83. The number of fused-ring (bicyclic) bond motifs is 2. The summed E-state index contributed by atoms with van der Waals surface area (Å²) in [4.78, 5) is 21.0. The summed E-state index contributed by atoms with van der Waals surface area (Å²) in [6, 6.07) is 12.5. The number of hydrogen-bond donors (Lipinski definition) is 2. The molecule has 1 aliphatic carbocycles. The Morgan fingerprint density at radius 2 is 2.00 bits per heavy atom. The lowest BCUT2D eigenvalue weighted by Gasteiger charge is -2.22. The number of amides is 1. The number of carbonyl (C=O) groups is 1. The average Bonchev–Trinajstić information content (AvgIpc) is 3.04. The molecule has 1 saturated heterocycles. The molecule has 0 spiro atoms. The van der Waals surface area contributed by atoms with Gasteiger partial charge in [0, 0.05) is 16.1 Å². The molecular weight excluding hydrogens is 382 g/mol. The molecular formula is C19H16BrN3O2. The van der Waals surface area contributed by atoms with Gasteiger partial charge >= 0.3 is 6.09 Å². The molecule has 1 amide bonds. The minimum atomic E-state index is -0.843. The van der Waals surface area contributed by atoms with Crippen LogP contribution in [-0.2, 0) is 0 Å². The number of halogens is 1. The molecule has 5 rings (SSSR count). The van der Waals surface area contributed by atoms with Crippen LogP contribution in [0.25, 0.3) is 22.0 Å². The highest BCUT2D eigenvalue weighted by atomic mass is 79.9. The third kappa shape index (κ3) is 2.43. The van der Waals surface area contributed by atoms with E-state index in [-0.39, 0.29) is 12.1 Å². The van der Waals surface area contributed by atoms with Gasteiger partial charge in [-0.2, -0.15) is 0 Å². The molecule has 2 heterocycles. The van der Waals surface area contributed by atoms with E-state index in [1.165, 1.54) is 5.39 Å². The van der Waals surface area contributed by atoms with Gasteiger partial charge in [0.25, 0.3) is 0 Å². The van der Waals surface area contributed by atoms with Crippen LogP contribution in [0, 0.1) is 5.92 Å². The van der Waals surface area contributed by atoms with Gasteiger partial charge in [0.1, 0.15) is 5.82 Å². The maximum atomic E-state index is 11.6. The highest BCUT2D eigenvalue weighted by molar-refractivity contribution is 9.10. The first-order chi connectivity index (χ1) is 12.1. The Morgan fingerprint density at radius 1 is 1.20 bits per heavy atom. The molecule has 25 heavy (non-hydrogen) atoms. The second-order valence-corrected chi connectivity index (χ2v) is 7.81. The van der Waals surface area contributed by atoms with Crippen LogP contribution in [-0.4, -0.2) is 32.1 Å². The van der Waals surface area contributed by atoms with Crippen molar-refractivity contribution in [3.05, 3.63) is 52.9 Å². The first kappa shape index (κ1) is 15.0. The summed E-state index contributed by atoms with van der Waals surface area (Å²) in [7, 11) is 0. The number of piperidine rings is 1. The Morgan fingerprint density at radius 3 is 2.84 bits per heavy atom. The van der Waals surface area contributed by atoms with Gasteiger partial charge in [0.05, 0.1) is 17.9 Å². The second kappa shape index (κ2) is 5.33. The van der Waals surface area contributed by atoms with Crippen molar-refractivity contribution in [2.75, 3.05) is 0 Å². The number of imidazole rings is 1. The predicted octanol–water partition coefficient (Wildman–Crippen LogP) is 4.81. The number of carboxylic acid groups (broad SMARTS) is 1. The van der Waals surface area contributed by atoms with Gasteiger partial charge in [-0.25, -0.2) is 9.78 Å². The molecule has 3 aromatic rings. The molecule has 1 aliphatic heterocycles. The Kier molecular flexibility index (Phi) is 3.19. The van der Waals surface area contributed by atoms with E-state index in [2.05, 4.69) is 56.2 Å². The van der Waals surface area contributed by atoms with Gasteiger partial charge in [-0.1, -0.05) is 34.1 Å². The fourth-order valence-corrected chi connectivity index (χ4v) is 4.39. The molecule has 0 unspecified atom stereocenters. The smallest absolute Gasteiger partial charge is 0.408 e. The summed E-state index contributed by atoms with van der Waals surface area (Å²) < 4.78 is 1.06. The number of H-pyrrole nitrogens is 1. The molecule has 6 heteroatoms. The SMILES string of the molecule is O=C(O)N1[C@@H]2C[C@@H]2C[C@H]1c1ncc(-c2ccc3cc(Br)ccc3c2)[nH]1. The average molecular weight is 398 g/mol. The zero-order valence-corrected chi connectivity index (χ0v) is 14.9. The molecule has 126 valence electrons. The van der Waals surface area contributed by atoms with Gasteiger partial charge in [0.2, 0.25) is 0 Å². The normalized spacial score (nSPS) is 24.5. The molecule has 1 saturated carbocycles. The monoisotopic (exact) mass is 397 g/mol. The molecule has 2 N–H and O–H groups in total. The van der Waals surface area contributed by atoms with Crippen molar-refractivity contribution in [1.29, 1.82) is 0 Å². The minimum absolute atomic E-state index is 0.147. The first-order valence-corrected chi connectivity index (χ1v) is 9.15. The van der Waals surface area contributed by atoms with Crippen LogP contribution in [0.2, 0.25) is 0 Å². The summed E-state index contributed by atoms with van der Waals surface area (Å²) in [5, 5.41) is 11.8. The minimum Gasteiger partial charge on any atom is -0.465 e. The molecule has 5 nitrogen and oxygen atoms in total. The number of benzene rings is 2. The predicted molar refractivity (Wildman–Crippen MR) is 98.3 cm³/mol. The highest BCUT2D eigenvalue weighted by Gasteiger charge is 2.55. The Hall–Kier alpha value is -2.34. The standard InChI is InChI=1S/C19H16BrN3O2/c20-14-4-3-10-5-12(2-1-11(10)6-14)15-9-21-18(22-15)17-8-13-7-16(13)23(17)19(24)25/h1-6,9,13,16-17H,7-8H2,(H,21,22)(H,24,25)/t13-,16-,17+/m1/s1. The molecule has 3 atom stereocenters. The third-order valence-electron chi connectivity index (χ3n) is 5.35. The van der Waals surface area contributed by atoms with Crippen LogP contribution in [0.1, 0.15) is 24.7 Å². The summed E-state index contributed by atoms with van der Waals surface area (Å²) in [5.74, 6) is 1.26. The highest BCUT2D eigenvalue weighted by Crippen LogP contribution is 2.53. The van der Waals surface area contributed by atoms with E-state index in [9.17, 15) is 9.90 Å². The quantitative estimate of drug-likeness (QED) is 0.651. The summed E-state index contributed by atoms with van der Waals surface area (Å²) >= 11 is 3.49. The van der Waals surface area contributed by atoms with Crippen molar-refractivity contribution in [1.82, 2.24) is 14.9 Å². The van der Waals surface area contributed by atoms with E-state index in [0.717, 1.165) is 39.8 Å². The summed E-state index contributed by atoms with van der Waals surface area (Å²) in [5.41, 5.74) is 1.98. The maximum absolute atomic E-state index is 11.6. The zero-order valence-electron chi connectivity index (χ0n) is 13.3. The molecule has 0 radical (unpaired) electrons. The third-order valence-corrected chi connectivity index (χ3v) is 5.84. The Labute approximate surface area is 152 Å². The van der Waals surface area contributed by atoms with Gasteiger partial charge in [-0.05, 0) is 47.7 Å². The van der Waals surface area contributed by atoms with E-state index in [1.54, 1.807) is 11.1 Å². The molecule has 2 fully saturated rings. The fraction of sp³-hybridized carbons (Fsp3) is 0.263. The Bertz CT molecular complexity index is 999. The van der Waals surface area contributed by atoms with Gasteiger partial charge < -0.3 is 10.1 Å². The number of likely N-dealkylation sites (tertiary alicyclic amines) is 1. The van der Waals surface area contributed by atoms with Crippen molar-refractivity contribution in [2.45, 2.75) is 24.9 Å². The Balaban J connectivity index is 1.48. The zero-order chi connectivity index (χ0) is 17.1. The van der Waals surface area contributed by atoms with E-state index in [0.29, 0.717) is 5.92 Å². The van der Waals surface area contributed by atoms with E-state index >= 15 is 0 Å². The van der Waals surface area contributed by atoms with E-state index in [1.807, 2.05) is 6.07 Å². The molecule has 1 aromatic heterocycles. The first-order valence-electron chi connectivity index (χ1n) is 8.36. The van der Waals surface area contributed by atoms with Crippen molar-refractivity contribution in [3.63, 3.8) is 0 Å². The maximum Gasteiger partial charge on any atom is 0.408 e. The summed E-state index contributed by atoms with van der Waals surface area (Å²) in [6.45, 7) is 0. The van der Waals surface area contributed by atoms with E-state index in [4.69, 9.17) is 0 Å². The number of rotatable bonds is 2. The van der Waals surface area contributed by atoms with Crippen LogP contribution >= 0.6 is 15.9 Å². The van der Waals surface area contributed by atoms with Crippen LogP contribution in [0.4, 0.5) is 4.79 Å². The molecule has 2 aliphatic rings. The van der Waals surface area contributed by atoms with Crippen LogP contribution < -0.4 is 0 Å². The van der Waals surface area contributed by atoms with Crippen LogP contribution in [0.15, 0.2) is 47.1 Å². The van der Waals surface area contributed by atoms with Gasteiger partial charge in [0.15, 0.2) is 0 Å². The molecule has 2 aromatic carbocycles.